The lowest BCUT2D eigenvalue weighted by atomic mass is 10.1. The summed E-state index contributed by atoms with van der Waals surface area (Å²) in [6, 6.07) is 8.00. The maximum absolute atomic E-state index is 6.12. The van der Waals surface area contributed by atoms with Gasteiger partial charge < -0.3 is 9.47 Å². The molecule has 0 saturated carbocycles. The molecular weight excluding hydrogens is 348 g/mol. The van der Waals surface area contributed by atoms with Gasteiger partial charge in [0, 0.05) is 4.88 Å². The van der Waals surface area contributed by atoms with Crippen molar-refractivity contribution >= 4 is 38.9 Å². The first-order chi connectivity index (χ1) is 9.06. The van der Waals surface area contributed by atoms with Crippen LogP contribution in [-0.2, 0) is 0 Å². The smallest absolute Gasteiger partial charge is 0.161 e. The average Bonchev–Trinajstić information content (AvgIpc) is 2.77. The van der Waals surface area contributed by atoms with Crippen molar-refractivity contribution in [3.8, 4) is 11.5 Å². The van der Waals surface area contributed by atoms with Crippen LogP contribution in [0.2, 0.25) is 4.34 Å². The van der Waals surface area contributed by atoms with Crippen LogP contribution < -0.4 is 9.47 Å². The third kappa shape index (κ3) is 3.07. The number of hydrogen-bond acceptors (Lipinski definition) is 3. The molecule has 0 saturated heterocycles. The largest absolute Gasteiger partial charge is 0.493 e. The molecule has 2 nitrogen and oxygen atoms in total. The number of hydrogen-bond donors (Lipinski definition) is 0. The Kier molecular flexibility index (Phi) is 4.76. The Morgan fingerprint density at radius 2 is 1.84 bits per heavy atom. The lowest BCUT2D eigenvalue weighted by Gasteiger charge is -2.12. The maximum Gasteiger partial charge on any atom is 0.161 e. The first-order valence-electron chi connectivity index (χ1n) is 5.68. The van der Waals surface area contributed by atoms with E-state index in [4.69, 9.17) is 21.1 Å². The molecule has 0 aliphatic carbocycles. The van der Waals surface area contributed by atoms with Gasteiger partial charge in [-0.15, -0.1) is 11.3 Å². The van der Waals surface area contributed by atoms with Crippen molar-refractivity contribution in [2.75, 3.05) is 14.2 Å². The van der Waals surface area contributed by atoms with E-state index < -0.39 is 0 Å². The fourth-order valence-electron chi connectivity index (χ4n) is 1.78. The third-order valence-corrected chi connectivity index (χ3v) is 5.77. The summed E-state index contributed by atoms with van der Waals surface area (Å²) < 4.78 is 11.4. The molecule has 0 N–H and O–H groups in total. The highest BCUT2D eigenvalue weighted by Gasteiger charge is 2.16. The Balaban J connectivity index is 2.35. The third-order valence-electron chi connectivity index (χ3n) is 2.83. The van der Waals surface area contributed by atoms with Crippen molar-refractivity contribution in [3.05, 3.63) is 44.6 Å². The van der Waals surface area contributed by atoms with Gasteiger partial charge in [-0.3, -0.25) is 0 Å². The molecule has 0 aliphatic heterocycles. The zero-order chi connectivity index (χ0) is 14.0. The molecule has 102 valence electrons. The van der Waals surface area contributed by atoms with Gasteiger partial charge in [0.2, 0.25) is 0 Å². The molecular formula is C14H14BrClO2S. The van der Waals surface area contributed by atoms with Gasteiger partial charge in [-0.2, -0.15) is 0 Å². The number of ether oxygens (including phenoxy) is 2. The van der Waals surface area contributed by atoms with Crippen molar-refractivity contribution in [2.45, 2.75) is 11.8 Å². The second-order valence-corrected chi connectivity index (χ2v) is 6.68. The Morgan fingerprint density at radius 3 is 2.37 bits per heavy atom. The number of aryl methyl sites for hydroxylation is 1. The second kappa shape index (κ2) is 6.16. The van der Waals surface area contributed by atoms with E-state index in [1.807, 2.05) is 25.1 Å². The lowest BCUT2D eigenvalue weighted by Crippen LogP contribution is -1.94. The van der Waals surface area contributed by atoms with Crippen LogP contribution in [0.25, 0.3) is 0 Å². The van der Waals surface area contributed by atoms with Gasteiger partial charge >= 0.3 is 0 Å². The van der Waals surface area contributed by atoms with Crippen LogP contribution in [0.1, 0.15) is 20.8 Å². The first-order valence-corrected chi connectivity index (χ1v) is 7.79. The minimum atomic E-state index is 0.100. The summed E-state index contributed by atoms with van der Waals surface area (Å²) in [6.45, 7) is 2.01. The Bertz CT molecular complexity index is 563. The van der Waals surface area contributed by atoms with Gasteiger partial charge in [-0.1, -0.05) is 33.6 Å². The van der Waals surface area contributed by atoms with E-state index in [0.717, 1.165) is 27.0 Å². The minimum absolute atomic E-state index is 0.100. The van der Waals surface area contributed by atoms with Crippen molar-refractivity contribution in [3.63, 3.8) is 0 Å². The lowest BCUT2D eigenvalue weighted by molar-refractivity contribution is 0.354. The zero-order valence-corrected chi connectivity index (χ0v) is 14.0. The van der Waals surface area contributed by atoms with Gasteiger partial charge in [0.15, 0.2) is 11.5 Å². The SMILES string of the molecule is COc1ccc(C(Br)c2cc(C)c(Cl)s2)cc1OC. The average molecular weight is 362 g/mol. The molecule has 0 aliphatic rings. The van der Waals surface area contributed by atoms with E-state index in [2.05, 4.69) is 22.0 Å². The number of thiophene rings is 1. The molecule has 19 heavy (non-hydrogen) atoms. The molecule has 2 rings (SSSR count). The molecule has 5 heteroatoms. The van der Waals surface area contributed by atoms with Crippen molar-refractivity contribution in [1.29, 1.82) is 0 Å². The maximum atomic E-state index is 6.12. The summed E-state index contributed by atoms with van der Waals surface area (Å²) >= 11 is 11.4. The summed E-state index contributed by atoms with van der Waals surface area (Å²) in [5.74, 6) is 1.45. The van der Waals surface area contributed by atoms with Crippen LogP contribution in [0.3, 0.4) is 0 Å². The molecule has 1 unspecified atom stereocenters. The molecule has 0 bridgehead atoms. The first kappa shape index (κ1) is 14.7. The summed E-state index contributed by atoms with van der Waals surface area (Å²) in [7, 11) is 3.27. The molecule has 0 amide bonds. The van der Waals surface area contributed by atoms with Crippen LogP contribution in [0.4, 0.5) is 0 Å². The van der Waals surface area contributed by atoms with Crippen LogP contribution in [0.5, 0.6) is 11.5 Å². The molecule has 1 atom stereocenters. The predicted octanol–water partition coefficient (Wildman–Crippen LogP) is 5.21. The van der Waals surface area contributed by atoms with Crippen LogP contribution >= 0.6 is 38.9 Å². The number of halogens is 2. The highest BCUT2D eigenvalue weighted by atomic mass is 79.9. The molecule has 1 aromatic carbocycles. The van der Waals surface area contributed by atoms with E-state index >= 15 is 0 Å². The minimum Gasteiger partial charge on any atom is -0.493 e. The summed E-state index contributed by atoms with van der Waals surface area (Å²) in [5, 5.41) is 0. The summed E-state index contributed by atoms with van der Waals surface area (Å²) in [6.07, 6.45) is 0. The standard InChI is InChI=1S/C14H14BrClO2S/c1-8-6-12(19-14(8)16)13(15)9-4-5-10(17-2)11(7-9)18-3/h4-7,13H,1-3H3. The van der Waals surface area contributed by atoms with Crippen LogP contribution in [-0.4, -0.2) is 14.2 Å². The van der Waals surface area contributed by atoms with E-state index in [1.54, 1.807) is 25.6 Å². The van der Waals surface area contributed by atoms with Gasteiger partial charge in [0.25, 0.3) is 0 Å². The van der Waals surface area contributed by atoms with E-state index in [-0.39, 0.29) is 4.83 Å². The Labute approximate surface area is 130 Å². The monoisotopic (exact) mass is 360 g/mol. The molecule has 0 spiro atoms. The van der Waals surface area contributed by atoms with E-state index in [9.17, 15) is 0 Å². The number of rotatable bonds is 4. The Hall–Kier alpha value is -0.710. The van der Waals surface area contributed by atoms with E-state index in [1.165, 1.54) is 4.88 Å². The van der Waals surface area contributed by atoms with Gasteiger partial charge in [-0.25, -0.2) is 0 Å². The zero-order valence-electron chi connectivity index (χ0n) is 10.9. The molecule has 1 heterocycles. The van der Waals surface area contributed by atoms with Crippen LogP contribution in [0.15, 0.2) is 24.3 Å². The fraction of sp³-hybridized carbons (Fsp3) is 0.286. The number of methoxy groups -OCH3 is 2. The summed E-state index contributed by atoms with van der Waals surface area (Å²) in [4.78, 5) is 1.28. The van der Waals surface area contributed by atoms with Gasteiger partial charge in [0.1, 0.15) is 0 Å². The molecule has 0 radical (unpaired) electrons. The molecule has 0 fully saturated rings. The number of benzene rings is 1. The quantitative estimate of drug-likeness (QED) is 0.696. The summed E-state index contributed by atoms with van der Waals surface area (Å²) in [5.41, 5.74) is 2.21. The van der Waals surface area contributed by atoms with Gasteiger partial charge in [0.05, 0.1) is 23.4 Å². The topological polar surface area (TPSA) is 18.5 Å². The van der Waals surface area contributed by atoms with E-state index in [0.29, 0.717) is 0 Å². The van der Waals surface area contributed by atoms with Crippen LogP contribution in [0, 0.1) is 6.92 Å². The van der Waals surface area contributed by atoms with Crippen molar-refractivity contribution in [2.24, 2.45) is 0 Å². The highest BCUT2D eigenvalue weighted by molar-refractivity contribution is 9.09. The second-order valence-electron chi connectivity index (χ2n) is 4.08. The predicted molar refractivity (Wildman–Crippen MR) is 84.4 cm³/mol. The van der Waals surface area contributed by atoms with Gasteiger partial charge in [-0.05, 0) is 36.2 Å². The fourth-order valence-corrected chi connectivity index (χ4v) is 3.70. The molecule has 1 aromatic heterocycles. The van der Waals surface area contributed by atoms with Crippen molar-refractivity contribution in [1.82, 2.24) is 0 Å². The normalized spacial score (nSPS) is 12.3. The van der Waals surface area contributed by atoms with Crippen molar-refractivity contribution < 1.29 is 9.47 Å². The highest BCUT2D eigenvalue weighted by Crippen LogP contribution is 2.41. The number of alkyl halides is 1. The Morgan fingerprint density at radius 1 is 1.16 bits per heavy atom. The molecule has 2 aromatic rings.